The summed E-state index contributed by atoms with van der Waals surface area (Å²) in [6.07, 6.45) is 16.3. The van der Waals surface area contributed by atoms with Gasteiger partial charge in [0.25, 0.3) is 0 Å². The molecule has 0 amide bonds. The summed E-state index contributed by atoms with van der Waals surface area (Å²) in [5, 5.41) is 1.33. The molecule has 9 aromatic rings. The average molecular weight is 789 g/mol. The van der Waals surface area contributed by atoms with Gasteiger partial charge in [0, 0.05) is 39.8 Å². The maximum atomic E-state index is 5.52. The van der Waals surface area contributed by atoms with Gasteiger partial charge in [-0.15, -0.1) is 0 Å². The average Bonchev–Trinajstić information content (AvgIpc) is 3.87. The lowest BCUT2D eigenvalue weighted by atomic mass is 9.93. The maximum absolute atomic E-state index is 5.52. The van der Waals surface area contributed by atoms with Gasteiger partial charge in [0.2, 0.25) is 0 Å². The van der Waals surface area contributed by atoms with Crippen molar-refractivity contribution in [1.29, 1.82) is 0 Å². The van der Waals surface area contributed by atoms with Crippen molar-refractivity contribution in [2.75, 3.05) is 0 Å². The lowest BCUT2D eigenvalue weighted by molar-refractivity contribution is 0.831. The van der Waals surface area contributed by atoms with Crippen LogP contribution in [0, 0.1) is 5.92 Å². The summed E-state index contributed by atoms with van der Waals surface area (Å²) in [5.41, 5.74) is 18.1. The third-order valence-electron chi connectivity index (χ3n) is 11.8. The molecule has 0 spiro atoms. The first-order valence-corrected chi connectivity index (χ1v) is 21.6. The fourth-order valence-electron chi connectivity index (χ4n) is 8.86. The number of hydrogen-bond donors (Lipinski definition) is 0. The molecule has 0 N–H and O–H groups in total. The van der Waals surface area contributed by atoms with Gasteiger partial charge in [0.15, 0.2) is 5.65 Å². The zero-order valence-corrected chi connectivity index (χ0v) is 35.0. The molecule has 1 aliphatic carbocycles. The molecular weight excluding hydrogens is 741 g/mol. The highest BCUT2D eigenvalue weighted by molar-refractivity contribution is 5.96. The van der Waals surface area contributed by atoms with E-state index in [0.717, 1.165) is 69.9 Å². The Bertz CT molecular complexity index is 3060. The molecule has 0 radical (unpaired) electrons. The molecular formula is C57H48N4. The molecule has 4 nitrogen and oxygen atoms in total. The summed E-state index contributed by atoms with van der Waals surface area (Å²) < 4.78 is 4.68. The van der Waals surface area contributed by atoms with Gasteiger partial charge in [-0.1, -0.05) is 154 Å². The van der Waals surface area contributed by atoms with E-state index < -0.39 is 0 Å². The third-order valence-corrected chi connectivity index (χ3v) is 11.8. The molecule has 0 saturated heterocycles. The van der Waals surface area contributed by atoms with Crippen LogP contribution in [0.1, 0.15) is 44.9 Å². The number of fused-ring (bicyclic) bond motifs is 4. The van der Waals surface area contributed by atoms with Crippen molar-refractivity contribution in [3.63, 3.8) is 0 Å². The summed E-state index contributed by atoms with van der Waals surface area (Å²) in [5.74, 6) is 1.26. The van der Waals surface area contributed by atoms with E-state index in [2.05, 4.69) is 218 Å². The standard InChI is InChI=1S/C57H48N4/c1-4-16-48(32-27-39(2)3)61-56(43-30-28-42(29-31-43)47-36-45(40-17-7-5-8-18-40)35-46(37-47)41-19-9-6-10-20-41)59-55-50(33-34-58-57(55)61)44-21-15-22-49(38-44)60-53-25-13-11-23-51(53)52-24-12-14-26-54(52)60/h5-11,13-23,25-39H,4,12,24H2,1-3H3/b32-27-,48-16+. The van der Waals surface area contributed by atoms with Crippen LogP contribution >= 0.6 is 0 Å². The normalized spacial score (nSPS) is 12.9. The van der Waals surface area contributed by atoms with Crippen molar-refractivity contribution in [3.05, 3.63) is 199 Å². The molecule has 1 aliphatic rings. The summed E-state index contributed by atoms with van der Waals surface area (Å²) in [7, 11) is 0. The van der Waals surface area contributed by atoms with Gasteiger partial charge in [0.05, 0.1) is 5.52 Å². The van der Waals surface area contributed by atoms with Crippen LogP contribution in [0.3, 0.4) is 0 Å². The molecule has 296 valence electrons. The van der Waals surface area contributed by atoms with Crippen LogP contribution in [0.4, 0.5) is 0 Å². The summed E-state index contributed by atoms with van der Waals surface area (Å²) in [6, 6.07) is 56.9. The highest BCUT2D eigenvalue weighted by Gasteiger charge is 2.22. The Labute approximate surface area is 358 Å². The lowest BCUT2D eigenvalue weighted by Gasteiger charge is -2.14. The number of pyridine rings is 1. The zero-order valence-electron chi connectivity index (χ0n) is 35.0. The Morgan fingerprint density at radius 3 is 1.98 bits per heavy atom. The van der Waals surface area contributed by atoms with Crippen molar-refractivity contribution in [2.45, 2.75) is 40.0 Å². The Morgan fingerprint density at radius 1 is 0.656 bits per heavy atom. The van der Waals surface area contributed by atoms with E-state index in [1.807, 2.05) is 6.20 Å². The number of imidazole rings is 1. The van der Waals surface area contributed by atoms with Gasteiger partial charge in [-0.3, -0.25) is 4.57 Å². The van der Waals surface area contributed by atoms with E-state index in [1.54, 1.807) is 0 Å². The predicted octanol–water partition coefficient (Wildman–Crippen LogP) is 15.1. The van der Waals surface area contributed by atoms with Crippen LogP contribution < -0.4 is 0 Å². The van der Waals surface area contributed by atoms with Gasteiger partial charge >= 0.3 is 0 Å². The van der Waals surface area contributed by atoms with Gasteiger partial charge < -0.3 is 4.57 Å². The monoisotopic (exact) mass is 788 g/mol. The van der Waals surface area contributed by atoms with Gasteiger partial charge in [0.1, 0.15) is 11.3 Å². The van der Waals surface area contributed by atoms with Crippen molar-refractivity contribution < 1.29 is 0 Å². The largest absolute Gasteiger partial charge is 0.310 e. The van der Waals surface area contributed by atoms with Crippen molar-refractivity contribution in [1.82, 2.24) is 19.1 Å². The summed E-state index contributed by atoms with van der Waals surface area (Å²) in [4.78, 5) is 10.6. The molecule has 0 aliphatic heterocycles. The molecule has 0 saturated carbocycles. The third kappa shape index (κ3) is 7.25. The number of hydrogen-bond acceptors (Lipinski definition) is 2. The number of benzene rings is 6. The Hall–Kier alpha value is -7.30. The summed E-state index contributed by atoms with van der Waals surface area (Å²) in [6.45, 7) is 6.62. The number of aromatic nitrogens is 4. The minimum absolute atomic E-state index is 0.391. The highest BCUT2D eigenvalue weighted by Crippen LogP contribution is 2.39. The SMILES string of the molecule is CC/C=C(\C=C/C(C)C)n1c(-c2ccc(-c3cc(-c4ccccc4)cc(-c4ccccc4)c3)cc2)nc2c(-c3cccc(-n4c5c(c6ccccc64)CCC=C5)c3)ccnc21. The van der Waals surface area contributed by atoms with Crippen molar-refractivity contribution >= 4 is 33.8 Å². The fraction of sp³-hybridized carbons (Fsp3) is 0.123. The van der Waals surface area contributed by atoms with E-state index in [9.17, 15) is 0 Å². The molecule has 3 heterocycles. The maximum Gasteiger partial charge on any atom is 0.165 e. The fourth-order valence-corrected chi connectivity index (χ4v) is 8.86. The number of rotatable bonds is 10. The van der Waals surface area contributed by atoms with Crippen molar-refractivity contribution in [2.24, 2.45) is 5.92 Å². The van der Waals surface area contributed by atoms with Crippen LogP contribution in [0.2, 0.25) is 0 Å². The molecule has 10 rings (SSSR count). The lowest BCUT2D eigenvalue weighted by Crippen LogP contribution is -2.01. The minimum Gasteiger partial charge on any atom is -0.310 e. The molecule has 3 aromatic heterocycles. The highest BCUT2D eigenvalue weighted by atomic mass is 15.1. The van der Waals surface area contributed by atoms with Crippen LogP contribution in [-0.2, 0) is 6.42 Å². The second-order valence-electron chi connectivity index (χ2n) is 16.3. The number of nitrogens with zero attached hydrogens (tertiary/aromatic N) is 4. The van der Waals surface area contributed by atoms with Crippen LogP contribution in [0.5, 0.6) is 0 Å². The molecule has 0 unspecified atom stereocenters. The zero-order chi connectivity index (χ0) is 41.3. The Kier molecular flexibility index (Phi) is 10.2. The molecule has 61 heavy (non-hydrogen) atoms. The molecule has 0 bridgehead atoms. The predicted molar refractivity (Wildman–Crippen MR) is 257 cm³/mol. The molecule has 0 fully saturated rings. The smallest absolute Gasteiger partial charge is 0.165 e. The number of para-hydroxylation sites is 1. The number of aryl methyl sites for hydroxylation is 1. The number of allylic oxidation sites excluding steroid dienone is 5. The second-order valence-corrected chi connectivity index (χ2v) is 16.3. The van der Waals surface area contributed by atoms with E-state index in [-0.39, 0.29) is 0 Å². The van der Waals surface area contributed by atoms with E-state index in [1.165, 1.54) is 50.0 Å². The Balaban J connectivity index is 1.11. The summed E-state index contributed by atoms with van der Waals surface area (Å²) >= 11 is 0. The first-order chi connectivity index (χ1) is 30.0. The van der Waals surface area contributed by atoms with Crippen LogP contribution in [0.15, 0.2) is 188 Å². The van der Waals surface area contributed by atoms with E-state index >= 15 is 0 Å². The van der Waals surface area contributed by atoms with E-state index in [0.29, 0.717) is 5.92 Å². The second kappa shape index (κ2) is 16.4. The quantitative estimate of drug-likeness (QED) is 0.129. The van der Waals surface area contributed by atoms with Crippen LogP contribution in [-0.4, -0.2) is 19.1 Å². The van der Waals surface area contributed by atoms with Crippen LogP contribution in [0.25, 0.3) is 95.4 Å². The molecule has 6 aromatic carbocycles. The van der Waals surface area contributed by atoms with Crippen molar-refractivity contribution in [3.8, 4) is 61.6 Å². The Morgan fingerprint density at radius 2 is 1.30 bits per heavy atom. The first-order valence-electron chi connectivity index (χ1n) is 21.6. The molecule has 4 heteroatoms. The van der Waals surface area contributed by atoms with E-state index in [4.69, 9.17) is 9.97 Å². The minimum atomic E-state index is 0.391. The van der Waals surface area contributed by atoms with Gasteiger partial charge in [-0.05, 0) is 124 Å². The molecule has 0 atom stereocenters. The first kappa shape index (κ1) is 37.9. The topological polar surface area (TPSA) is 35.6 Å². The van der Waals surface area contributed by atoms with Gasteiger partial charge in [-0.2, -0.15) is 0 Å². The van der Waals surface area contributed by atoms with Gasteiger partial charge in [-0.25, -0.2) is 9.97 Å².